The fraction of sp³-hybridized carbons (Fsp3) is 0.762. The maximum Gasteiger partial charge on any atom is 0.353 e. The van der Waals surface area contributed by atoms with Gasteiger partial charge >= 0.3 is 5.97 Å². The lowest BCUT2D eigenvalue weighted by Gasteiger charge is -2.46. The third kappa shape index (κ3) is 4.05. The van der Waals surface area contributed by atoms with E-state index in [4.69, 9.17) is 5.11 Å². The molecule has 178 valence electrons. The minimum Gasteiger partial charge on any atom is -0.477 e. The van der Waals surface area contributed by atoms with Gasteiger partial charge in [0, 0.05) is 55.3 Å². The van der Waals surface area contributed by atoms with E-state index in [-0.39, 0.29) is 47.4 Å². The van der Waals surface area contributed by atoms with Crippen LogP contribution in [0.2, 0.25) is 0 Å². The Kier molecular flexibility index (Phi) is 6.83. The highest BCUT2D eigenvalue weighted by Gasteiger charge is 2.60. The molecule has 0 bridgehead atoms. The Balaban J connectivity index is 1.38. The van der Waals surface area contributed by atoms with Crippen molar-refractivity contribution in [1.82, 2.24) is 20.0 Å². The van der Waals surface area contributed by atoms with Crippen LogP contribution in [0, 0.1) is 11.8 Å². The van der Waals surface area contributed by atoms with Crippen LogP contribution in [-0.2, 0) is 14.4 Å². The molecule has 4 aliphatic heterocycles. The Bertz CT molecular complexity index is 812. The Morgan fingerprint density at radius 2 is 1.94 bits per heavy atom. The van der Waals surface area contributed by atoms with E-state index in [1.165, 1.54) is 16.7 Å². The van der Waals surface area contributed by atoms with Gasteiger partial charge in [0.1, 0.15) is 5.70 Å². The fourth-order valence-electron chi connectivity index (χ4n) is 5.39. The standard InChI is InChI=1S/C21H32N4O6S/c1-11-16-15(12(2)27)20(29)25(16)17(21(30)31)18(11)32-13-9-14(22-10-13)19(28)24-5-3-23(4-6-24)7-8-26/h11-16,22,26-27H,3-10H2,1-2H3,(H,30,31)/t11-,12-,13-,14-,15-,16-/m1/s1. The van der Waals surface area contributed by atoms with E-state index in [0.717, 1.165) is 13.1 Å². The number of aliphatic hydroxyl groups is 2. The highest BCUT2D eigenvalue weighted by Crippen LogP contribution is 2.51. The molecular weight excluding hydrogens is 436 g/mol. The maximum atomic E-state index is 13.0. The molecule has 0 unspecified atom stereocenters. The number of β-lactam (4-membered cyclic amide) rings is 1. The van der Waals surface area contributed by atoms with Crippen LogP contribution in [0.5, 0.6) is 0 Å². The smallest absolute Gasteiger partial charge is 0.353 e. The number of nitrogens with one attached hydrogen (secondary N) is 1. The predicted molar refractivity (Wildman–Crippen MR) is 118 cm³/mol. The van der Waals surface area contributed by atoms with Crippen molar-refractivity contribution in [2.75, 3.05) is 45.9 Å². The highest BCUT2D eigenvalue weighted by atomic mass is 32.2. The second-order valence-corrected chi connectivity index (χ2v) is 10.4. The topological polar surface area (TPSA) is 134 Å². The lowest BCUT2D eigenvalue weighted by Crippen LogP contribution is -2.63. The van der Waals surface area contributed by atoms with Gasteiger partial charge in [0.25, 0.3) is 0 Å². The van der Waals surface area contributed by atoms with Gasteiger partial charge in [0.05, 0.1) is 30.7 Å². The van der Waals surface area contributed by atoms with Crippen molar-refractivity contribution in [1.29, 1.82) is 0 Å². The Hall–Kier alpha value is -1.66. The van der Waals surface area contributed by atoms with Crippen LogP contribution in [0.4, 0.5) is 0 Å². The first-order chi connectivity index (χ1) is 15.2. The van der Waals surface area contributed by atoms with E-state index >= 15 is 0 Å². The summed E-state index contributed by atoms with van der Waals surface area (Å²) in [6, 6.07) is -0.621. The number of piperazine rings is 1. The largest absolute Gasteiger partial charge is 0.477 e. The number of carbonyl (C=O) groups is 3. The minimum atomic E-state index is -1.13. The van der Waals surface area contributed by atoms with Crippen molar-refractivity contribution in [3.63, 3.8) is 0 Å². The average molecular weight is 469 g/mol. The molecule has 3 fully saturated rings. The van der Waals surface area contributed by atoms with Crippen molar-refractivity contribution in [3.05, 3.63) is 10.6 Å². The lowest BCUT2D eigenvalue weighted by atomic mass is 9.79. The first-order valence-corrected chi connectivity index (χ1v) is 12.1. The number of carboxylic acids is 1. The molecule has 0 aromatic carbocycles. The molecule has 4 heterocycles. The third-order valence-corrected chi connectivity index (χ3v) is 8.61. The highest BCUT2D eigenvalue weighted by molar-refractivity contribution is 8.03. The summed E-state index contributed by atoms with van der Waals surface area (Å²) in [4.78, 5) is 43.4. The zero-order valence-electron chi connectivity index (χ0n) is 18.4. The zero-order valence-corrected chi connectivity index (χ0v) is 19.3. The molecule has 0 saturated carbocycles. The number of rotatable bonds is 7. The number of fused-ring (bicyclic) bond motifs is 1. The van der Waals surface area contributed by atoms with E-state index in [0.29, 0.717) is 37.5 Å². The molecule has 32 heavy (non-hydrogen) atoms. The molecule has 3 saturated heterocycles. The van der Waals surface area contributed by atoms with Crippen LogP contribution in [0.15, 0.2) is 10.6 Å². The number of aliphatic hydroxyl groups excluding tert-OH is 2. The molecule has 2 amide bonds. The summed E-state index contributed by atoms with van der Waals surface area (Å²) in [5.41, 5.74) is 0.0316. The van der Waals surface area contributed by atoms with Crippen molar-refractivity contribution in [2.24, 2.45) is 11.8 Å². The second kappa shape index (κ2) is 9.30. The van der Waals surface area contributed by atoms with Gasteiger partial charge < -0.3 is 30.4 Å². The number of hydrogen-bond acceptors (Lipinski definition) is 8. The molecule has 4 rings (SSSR count). The van der Waals surface area contributed by atoms with E-state index in [9.17, 15) is 24.6 Å². The summed E-state index contributed by atoms with van der Waals surface area (Å²) in [5.74, 6) is -2.13. The lowest BCUT2D eigenvalue weighted by molar-refractivity contribution is -0.163. The number of aliphatic carboxylic acids is 1. The number of thioether (sulfide) groups is 1. The maximum absolute atomic E-state index is 13.0. The molecule has 4 N–H and O–H groups in total. The summed E-state index contributed by atoms with van der Waals surface area (Å²) >= 11 is 1.45. The van der Waals surface area contributed by atoms with Crippen LogP contribution in [0.3, 0.4) is 0 Å². The minimum absolute atomic E-state index is 0.0316. The molecular formula is C21H32N4O6S. The van der Waals surface area contributed by atoms with Crippen LogP contribution in [-0.4, -0.2) is 117 Å². The number of amides is 2. The van der Waals surface area contributed by atoms with Crippen LogP contribution < -0.4 is 5.32 Å². The van der Waals surface area contributed by atoms with Crippen LogP contribution >= 0.6 is 11.8 Å². The molecule has 0 radical (unpaired) electrons. The predicted octanol–water partition coefficient (Wildman–Crippen LogP) is -1.26. The summed E-state index contributed by atoms with van der Waals surface area (Å²) < 4.78 is 0. The van der Waals surface area contributed by atoms with Gasteiger partial charge in [-0.1, -0.05) is 6.92 Å². The second-order valence-electron chi connectivity index (χ2n) is 9.10. The van der Waals surface area contributed by atoms with E-state index in [1.807, 2.05) is 11.8 Å². The number of hydrogen-bond donors (Lipinski definition) is 4. The number of β-amino-alcohol motifs (C(OH)–C–C–N with tert-alkyl or cyclic N) is 1. The third-order valence-electron chi connectivity index (χ3n) is 7.09. The fourth-order valence-corrected chi connectivity index (χ4v) is 6.87. The van der Waals surface area contributed by atoms with Crippen molar-refractivity contribution >= 4 is 29.5 Å². The monoisotopic (exact) mass is 468 g/mol. The Morgan fingerprint density at radius 1 is 1.25 bits per heavy atom. The Labute approximate surface area is 191 Å². The van der Waals surface area contributed by atoms with E-state index < -0.39 is 18.0 Å². The molecule has 0 spiro atoms. The normalized spacial score (nSPS) is 34.0. The van der Waals surface area contributed by atoms with E-state index in [1.54, 1.807) is 6.92 Å². The van der Waals surface area contributed by atoms with Crippen molar-refractivity contribution < 1.29 is 29.7 Å². The summed E-state index contributed by atoms with van der Waals surface area (Å²) in [6.07, 6.45) is -0.222. The van der Waals surface area contributed by atoms with Gasteiger partial charge in [-0.3, -0.25) is 14.5 Å². The van der Waals surface area contributed by atoms with Crippen LogP contribution in [0.25, 0.3) is 0 Å². The van der Waals surface area contributed by atoms with Gasteiger partial charge in [-0.05, 0) is 13.3 Å². The van der Waals surface area contributed by atoms with Crippen molar-refractivity contribution in [3.8, 4) is 0 Å². The molecule has 6 atom stereocenters. The molecule has 4 aliphatic rings. The van der Waals surface area contributed by atoms with Gasteiger partial charge in [-0.25, -0.2) is 4.79 Å². The molecule has 10 nitrogen and oxygen atoms in total. The van der Waals surface area contributed by atoms with Gasteiger partial charge in [0.2, 0.25) is 11.8 Å². The van der Waals surface area contributed by atoms with Gasteiger partial charge in [-0.2, -0.15) is 0 Å². The van der Waals surface area contributed by atoms with Crippen molar-refractivity contribution in [2.45, 2.75) is 43.7 Å². The SMILES string of the molecule is C[C@@H](O)[C@H]1C(=O)N2C(C(=O)O)=C(S[C@H]3CN[C@@H](C(=O)N4CCN(CCO)CC4)C3)[C@H](C)[C@H]12. The summed E-state index contributed by atoms with van der Waals surface area (Å²) in [7, 11) is 0. The molecule has 0 aromatic rings. The summed E-state index contributed by atoms with van der Waals surface area (Å²) in [6.45, 7) is 7.59. The summed E-state index contributed by atoms with van der Waals surface area (Å²) in [5, 5.41) is 32.2. The average Bonchev–Trinajstić information content (AvgIpc) is 3.30. The molecule has 0 aromatic heterocycles. The number of nitrogens with zero attached hydrogens (tertiary/aromatic N) is 3. The van der Waals surface area contributed by atoms with Gasteiger partial charge in [-0.15, -0.1) is 11.8 Å². The van der Waals surface area contributed by atoms with Crippen LogP contribution in [0.1, 0.15) is 20.3 Å². The first-order valence-electron chi connectivity index (χ1n) is 11.2. The number of carboxylic acid groups (broad SMARTS) is 1. The molecule has 0 aliphatic carbocycles. The van der Waals surface area contributed by atoms with E-state index in [2.05, 4.69) is 10.2 Å². The molecule has 11 heteroatoms. The first kappa shape index (κ1) is 23.5. The van der Waals surface area contributed by atoms with Gasteiger partial charge in [0.15, 0.2) is 0 Å². The number of carbonyl (C=O) groups excluding carboxylic acids is 2. The zero-order chi connectivity index (χ0) is 23.2. The Morgan fingerprint density at radius 3 is 2.53 bits per heavy atom. The quantitative estimate of drug-likeness (QED) is 0.338.